The molecule has 0 aliphatic carbocycles. The van der Waals surface area contributed by atoms with Crippen molar-refractivity contribution in [2.45, 2.75) is 39.8 Å². The van der Waals surface area contributed by atoms with Crippen molar-refractivity contribution in [3.63, 3.8) is 0 Å². The molecule has 0 fully saturated rings. The quantitative estimate of drug-likeness (QED) is 0.759. The first kappa shape index (κ1) is 16.5. The summed E-state index contributed by atoms with van der Waals surface area (Å²) in [6.45, 7) is 8.27. The number of para-hydroxylation sites is 1. The summed E-state index contributed by atoms with van der Waals surface area (Å²) in [5.41, 5.74) is 4.64. The van der Waals surface area contributed by atoms with Crippen LogP contribution in [0.4, 0.5) is 5.69 Å². The SMILES string of the molecule is CC[C@]1(C)Nc2ccccc2-c2nc(=O)c(-c3ccc(C)c(C)c3)nn21. The molecule has 1 aliphatic rings. The van der Waals surface area contributed by atoms with E-state index in [1.165, 1.54) is 5.56 Å². The average Bonchev–Trinajstić information content (AvgIpc) is 2.64. The van der Waals surface area contributed by atoms with Crippen LogP contribution in [0.15, 0.2) is 47.3 Å². The first-order valence-corrected chi connectivity index (χ1v) is 8.90. The summed E-state index contributed by atoms with van der Waals surface area (Å²) in [6, 6.07) is 13.9. The molecule has 3 aromatic rings. The second-order valence-electron chi connectivity index (χ2n) is 7.10. The van der Waals surface area contributed by atoms with Crippen molar-refractivity contribution < 1.29 is 0 Å². The first-order chi connectivity index (χ1) is 12.4. The summed E-state index contributed by atoms with van der Waals surface area (Å²) < 4.78 is 1.86. The molecule has 26 heavy (non-hydrogen) atoms. The Kier molecular flexibility index (Phi) is 3.68. The summed E-state index contributed by atoms with van der Waals surface area (Å²) >= 11 is 0. The van der Waals surface area contributed by atoms with Crippen LogP contribution in [0, 0.1) is 13.8 Å². The van der Waals surface area contributed by atoms with Gasteiger partial charge in [-0.05, 0) is 56.5 Å². The Bertz CT molecular complexity index is 1070. The zero-order chi connectivity index (χ0) is 18.5. The third-order valence-corrected chi connectivity index (χ3v) is 5.32. The van der Waals surface area contributed by atoms with Crippen molar-refractivity contribution in [1.82, 2.24) is 14.8 Å². The van der Waals surface area contributed by atoms with E-state index in [9.17, 15) is 4.79 Å². The van der Waals surface area contributed by atoms with Gasteiger partial charge in [0.25, 0.3) is 5.56 Å². The van der Waals surface area contributed by atoms with Gasteiger partial charge < -0.3 is 5.32 Å². The maximum absolute atomic E-state index is 12.8. The predicted octanol–water partition coefficient (Wildman–Crippen LogP) is 4.10. The van der Waals surface area contributed by atoms with Crippen LogP contribution < -0.4 is 10.9 Å². The molecule has 0 saturated heterocycles. The third-order valence-electron chi connectivity index (χ3n) is 5.32. The molecular formula is C21H22N4O. The van der Waals surface area contributed by atoms with Gasteiger partial charge in [-0.3, -0.25) is 4.79 Å². The van der Waals surface area contributed by atoms with Gasteiger partial charge in [-0.15, -0.1) is 0 Å². The molecule has 2 heterocycles. The van der Waals surface area contributed by atoms with Gasteiger partial charge in [0.2, 0.25) is 0 Å². The van der Waals surface area contributed by atoms with Crippen molar-refractivity contribution in [2.24, 2.45) is 0 Å². The summed E-state index contributed by atoms with van der Waals surface area (Å²) in [7, 11) is 0. The highest BCUT2D eigenvalue weighted by molar-refractivity contribution is 5.76. The van der Waals surface area contributed by atoms with Gasteiger partial charge in [0.15, 0.2) is 11.5 Å². The second kappa shape index (κ2) is 5.80. The largest absolute Gasteiger partial charge is 0.361 e. The number of rotatable bonds is 2. The van der Waals surface area contributed by atoms with Crippen molar-refractivity contribution in [3.8, 4) is 22.6 Å². The summed E-state index contributed by atoms with van der Waals surface area (Å²) in [4.78, 5) is 17.2. The first-order valence-electron chi connectivity index (χ1n) is 8.90. The topological polar surface area (TPSA) is 59.8 Å². The van der Waals surface area contributed by atoms with E-state index >= 15 is 0 Å². The Morgan fingerprint density at radius 3 is 2.62 bits per heavy atom. The van der Waals surface area contributed by atoms with Crippen LogP contribution in [0.2, 0.25) is 0 Å². The number of aryl methyl sites for hydroxylation is 2. The lowest BCUT2D eigenvalue weighted by atomic mass is 10.0. The van der Waals surface area contributed by atoms with Gasteiger partial charge in [-0.25, -0.2) is 4.68 Å². The third kappa shape index (κ3) is 2.43. The Hall–Kier alpha value is -2.95. The number of nitrogens with one attached hydrogen (secondary N) is 1. The molecule has 0 bridgehead atoms. The number of anilines is 1. The fourth-order valence-corrected chi connectivity index (χ4v) is 3.34. The van der Waals surface area contributed by atoms with Crippen LogP contribution in [-0.4, -0.2) is 14.8 Å². The average molecular weight is 346 g/mol. The van der Waals surface area contributed by atoms with E-state index in [0.29, 0.717) is 11.5 Å². The second-order valence-corrected chi connectivity index (χ2v) is 7.10. The van der Waals surface area contributed by atoms with E-state index in [4.69, 9.17) is 5.10 Å². The molecule has 1 aromatic heterocycles. The number of nitrogens with zero attached hydrogens (tertiary/aromatic N) is 3. The molecule has 1 aliphatic heterocycles. The summed E-state index contributed by atoms with van der Waals surface area (Å²) in [5, 5.41) is 8.31. The van der Waals surface area contributed by atoms with Gasteiger partial charge >= 0.3 is 0 Å². The molecule has 1 N–H and O–H groups in total. The smallest absolute Gasteiger partial charge is 0.300 e. The molecule has 0 radical (unpaired) electrons. The van der Waals surface area contributed by atoms with Crippen LogP contribution in [0.3, 0.4) is 0 Å². The van der Waals surface area contributed by atoms with E-state index in [1.54, 1.807) is 0 Å². The predicted molar refractivity (Wildman–Crippen MR) is 104 cm³/mol. The Labute approximate surface area is 152 Å². The highest BCUT2D eigenvalue weighted by atomic mass is 16.1. The van der Waals surface area contributed by atoms with E-state index in [1.807, 2.05) is 54.1 Å². The molecule has 1 atom stereocenters. The molecule has 5 heteroatoms. The Balaban J connectivity index is 1.99. The lowest BCUT2D eigenvalue weighted by Crippen LogP contribution is -2.44. The number of hydrogen-bond acceptors (Lipinski definition) is 4. The van der Waals surface area contributed by atoms with E-state index in [-0.39, 0.29) is 5.56 Å². The van der Waals surface area contributed by atoms with Crippen LogP contribution in [0.25, 0.3) is 22.6 Å². The minimum absolute atomic E-state index is 0.297. The maximum atomic E-state index is 12.8. The minimum atomic E-state index is -0.446. The Morgan fingerprint density at radius 2 is 1.88 bits per heavy atom. The Morgan fingerprint density at radius 1 is 1.12 bits per heavy atom. The van der Waals surface area contributed by atoms with Crippen LogP contribution in [0.1, 0.15) is 31.4 Å². The number of hydrogen-bond donors (Lipinski definition) is 1. The van der Waals surface area contributed by atoms with Gasteiger partial charge in [-0.1, -0.05) is 31.2 Å². The van der Waals surface area contributed by atoms with Crippen molar-refractivity contribution >= 4 is 5.69 Å². The lowest BCUT2D eigenvalue weighted by Gasteiger charge is -2.38. The standard InChI is InChI=1S/C21H22N4O/c1-5-21(4)23-17-9-7-6-8-16(17)19-22-20(26)18(24-25(19)21)15-11-10-13(2)14(3)12-15/h6-12,23H,5H2,1-4H3/t21-/m1/s1. The molecule has 132 valence electrons. The fourth-order valence-electron chi connectivity index (χ4n) is 3.34. The summed E-state index contributed by atoms with van der Waals surface area (Å²) in [5.74, 6) is 0.612. The van der Waals surface area contributed by atoms with E-state index in [0.717, 1.165) is 28.8 Å². The van der Waals surface area contributed by atoms with Crippen LogP contribution >= 0.6 is 0 Å². The highest BCUT2D eigenvalue weighted by Gasteiger charge is 2.34. The van der Waals surface area contributed by atoms with Crippen LogP contribution in [0.5, 0.6) is 0 Å². The minimum Gasteiger partial charge on any atom is -0.361 e. The van der Waals surface area contributed by atoms with Gasteiger partial charge in [-0.2, -0.15) is 10.1 Å². The maximum Gasteiger partial charge on any atom is 0.300 e. The van der Waals surface area contributed by atoms with Gasteiger partial charge in [0.05, 0.1) is 0 Å². The molecule has 4 rings (SSSR count). The van der Waals surface area contributed by atoms with Gasteiger partial charge in [0.1, 0.15) is 5.66 Å². The number of aromatic nitrogens is 3. The van der Waals surface area contributed by atoms with E-state index < -0.39 is 5.66 Å². The molecule has 0 unspecified atom stereocenters. The molecule has 2 aromatic carbocycles. The molecule has 5 nitrogen and oxygen atoms in total. The monoisotopic (exact) mass is 346 g/mol. The zero-order valence-electron chi connectivity index (χ0n) is 15.5. The van der Waals surface area contributed by atoms with Gasteiger partial charge in [0, 0.05) is 16.8 Å². The van der Waals surface area contributed by atoms with Crippen molar-refractivity contribution in [1.29, 1.82) is 0 Å². The van der Waals surface area contributed by atoms with Crippen molar-refractivity contribution in [2.75, 3.05) is 5.32 Å². The van der Waals surface area contributed by atoms with Crippen molar-refractivity contribution in [3.05, 3.63) is 63.9 Å². The fraction of sp³-hybridized carbons (Fsp3) is 0.286. The van der Waals surface area contributed by atoms with Crippen LogP contribution in [-0.2, 0) is 5.66 Å². The molecular weight excluding hydrogens is 324 g/mol. The summed E-state index contributed by atoms with van der Waals surface area (Å²) in [6.07, 6.45) is 0.804. The molecule has 0 amide bonds. The van der Waals surface area contributed by atoms with E-state index in [2.05, 4.69) is 31.1 Å². The highest BCUT2D eigenvalue weighted by Crippen LogP contribution is 2.37. The normalized spacial score (nSPS) is 18.0. The molecule has 0 spiro atoms. The number of benzene rings is 2. The lowest BCUT2D eigenvalue weighted by molar-refractivity contribution is 0.312. The zero-order valence-corrected chi connectivity index (χ0v) is 15.5. The number of fused-ring (bicyclic) bond motifs is 3. The molecule has 0 saturated carbocycles.